The SMILES string of the molecule is O=C(O)c1cccc(COc2ccc(Br)cc2C=Nn2c(-c3cccc(C(F)(F)F)c3)nc3ccccc3c2=O)c1. The number of carboxylic acids is 1. The van der Waals surface area contributed by atoms with Gasteiger partial charge in [0.05, 0.1) is 28.2 Å². The molecule has 11 heteroatoms. The van der Waals surface area contributed by atoms with Crippen LogP contribution in [0.5, 0.6) is 5.75 Å². The summed E-state index contributed by atoms with van der Waals surface area (Å²) in [5, 5.41) is 13.8. The van der Waals surface area contributed by atoms with E-state index in [1.165, 1.54) is 30.5 Å². The van der Waals surface area contributed by atoms with Gasteiger partial charge < -0.3 is 9.84 Å². The number of hydrogen-bond acceptors (Lipinski definition) is 5. The van der Waals surface area contributed by atoms with E-state index in [-0.39, 0.29) is 28.9 Å². The maximum absolute atomic E-state index is 13.5. The van der Waals surface area contributed by atoms with Crippen LogP contribution in [0.3, 0.4) is 0 Å². The maximum atomic E-state index is 13.5. The van der Waals surface area contributed by atoms with Gasteiger partial charge in [-0.2, -0.15) is 22.9 Å². The summed E-state index contributed by atoms with van der Waals surface area (Å²) in [6.07, 6.45) is -3.24. The summed E-state index contributed by atoms with van der Waals surface area (Å²) in [6, 6.07) is 22.4. The van der Waals surface area contributed by atoms with Crippen molar-refractivity contribution in [3.05, 3.63) is 128 Å². The van der Waals surface area contributed by atoms with Gasteiger partial charge in [-0.25, -0.2) is 9.78 Å². The van der Waals surface area contributed by atoms with Gasteiger partial charge in [-0.3, -0.25) is 4.79 Å². The third kappa shape index (κ3) is 6.20. The molecule has 5 aromatic rings. The third-order valence-electron chi connectivity index (χ3n) is 6.05. The molecule has 0 bridgehead atoms. The lowest BCUT2D eigenvalue weighted by Gasteiger charge is -2.13. The second kappa shape index (κ2) is 11.4. The Bertz CT molecular complexity index is 1870. The first-order valence-corrected chi connectivity index (χ1v) is 12.9. The highest BCUT2D eigenvalue weighted by Crippen LogP contribution is 2.32. The summed E-state index contributed by atoms with van der Waals surface area (Å²) in [4.78, 5) is 29.2. The van der Waals surface area contributed by atoms with E-state index < -0.39 is 23.3 Å². The predicted octanol–water partition coefficient (Wildman–Crippen LogP) is 7.00. The molecule has 7 nitrogen and oxygen atoms in total. The standard InChI is InChI=1S/C30H19BrF3N3O4/c31-23-11-12-26(41-17-18-5-3-7-20(13-18)29(39)40)21(15-23)16-35-37-27(19-6-4-8-22(14-19)30(32,33)34)36-25-10-2-1-9-24(25)28(37)38/h1-16H,17H2,(H,39,40). The average molecular weight is 622 g/mol. The number of carboxylic acid groups (broad SMARTS) is 1. The molecule has 0 unspecified atom stereocenters. The van der Waals surface area contributed by atoms with E-state index in [0.29, 0.717) is 26.9 Å². The molecule has 0 atom stereocenters. The molecule has 0 aliphatic carbocycles. The lowest BCUT2D eigenvalue weighted by Crippen LogP contribution is -2.20. The van der Waals surface area contributed by atoms with Crippen LogP contribution in [-0.4, -0.2) is 27.0 Å². The van der Waals surface area contributed by atoms with Crippen molar-refractivity contribution in [2.75, 3.05) is 0 Å². The van der Waals surface area contributed by atoms with E-state index >= 15 is 0 Å². The molecule has 0 radical (unpaired) electrons. The predicted molar refractivity (Wildman–Crippen MR) is 151 cm³/mol. The lowest BCUT2D eigenvalue weighted by atomic mass is 10.1. The number of hydrogen-bond donors (Lipinski definition) is 1. The molecule has 5 rings (SSSR count). The van der Waals surface area contributed by atoms with Crippen LogP contribution in [0.1, 0.15) is 27.0 Å². The highest BCUT2D eigenvalue weighted by atomic mass is 79.9. The Morgan fingerprint density at radius 2 is 1.78 bits per heavy atom. The van der Waals surface area contributed by atoms with Gasteiger partial charge in [0.15, 0.2) is 5.82 Å². The number of nitrogens with zero attached hydrogens (tertiary/aromatic N) is 3. The molecule has 1 aromatic heterocycles. The summed E-state index contributed by atoms with van der Waals surface area (Å²) >= 11 is 3.40. The fraction of sp³-hybridized carbons (Fsp3) is 0.0667. The molecule has 0 aliphatic rings. The van der Waals surface area contributed by atoms with E-state index in [1.807, 2.05) is 0 Å². The van der Waals surface area contributed by atoms with Gasteiger partial charge in [-0.15, -0.1) is 0 Å². The van der Waals surface area contributed by atoms with Crippen molar-refractivity contribution in [3.63, 3.8) is 0 Å². The highest BCUT2D eigenvalue weighted by molar-refractivity contribution is 9.10. The van der Waals surface area contributed by atoms with Crippen molar-refractivity contribution >= 4 is 39.0 Å². The van der Waals surface area contributed by atoms with Crippen LogP contribution >= 0.6 is 15.9 Å². The Morgan fingerprint density at radius 3 is 2.56 bits per heavy atom. The normalized spacial score (nSPS) is 11.7. The minimum absolute atomic E-state index is 0.0521. The zero-order chi connectivity index (χ0) is 29.1. The number of halogens is 4. The van der Waals surface area contributed by atoms with Gasteiger partial charge >= 0.3 is 12.1 Å². The van der Waals surface area contributed by atoms with Gasteiger partial charge in [0.25, 0.3) is 5.56 Å². The van der Waals surface area contributed by atoms with Gasteiger partial charge in [0.1, 0.15) is 12.4 Å². The topological polar surface area (TPSA) is 93.8 Å². The molecule has 0 saturated carbocycles. The van der Waals surface area contributed by atoms with Crippen LogP contribution in [0.2, 0.25) is 0 Å². The number of rotatable bonds is 7. The number of alkyl halides is 3. The largest absolute Gasteiger partial charge is 0.488 e. The van der Waals surface area contributed by atoms with Crippen LogP contribution in [0.25, 0.3) is 22.3 Å². The first kappa shape index (κ1) is 27.8. The Labute approximate surface area is 239 Å². The fourth-order valence-corrected chi connectivity index (χ4v) is 4.46. The fourth-order valence-electron chi connectivity index (χ4n) is 4.08. The quantitative estimate of drug-likeness (QED) is 0.197. The summed E-state index contributed by atoms with van der Waals surface area (Å²) in [6.45, 7) is 0.0521. The molecule has 1 N–H and O–H groups in total. The number of aromatic nitrogens is 2. The van der Waals surface area contributed by atoms with Crippen molar-refractivity contribution in [2.45, 2.75) is 12.8 Å². The van der Waals surface area contributed by atoms with E-state index in [0.717, 1.165) is 16.8 Å². The number of benzene rings is 4. The Morgan fingerprint density at radius 1 is 1.00 bits per heavy atom. The molecular formula is C30H19BrF3N3O4. The van der Waals surface area contributed by atoms with Crippen LogP contribution in [0.4, 0.5) is 13.2 Å². The van der Waals surface area contributed by atoms with Crippen molar-refractivity contribution in [3.8, 4) is 17.1 Å². The van der Waals surface area contributed by atoms with Gasteiger partial charge in [0.2, 0.25) is 0 Å². The second-order valence-electron chi connectivity index (χ2n) is 8.87. The van der Waals surface area contributed by atoms with Gasteiger partial charge in [-0.1, -0.05) is 52.3 Å². The van der Waals surface area contributed by atoms with E-state index in [1.54, 1.807) is 54.6 Å². The minimum atomic E-state index is -4.59. The monoisotopic (exact) mass is 621 g/mol. The average Bonchev–Trinajstić information content (AvgIpc) is 2.96. The third-order valence-corrected chi connectivity index (χ3v) is 6.55. The first-order chi connectivity index (χ1) is 19.6. The smallest absolute Gasteiger partial charge is 0.416 e. The van der Waals surface area contributed by atoms with E-state index in [9.17, 15) is 27.9 Å². The van der Waals surface area contributed by atoms with Crippen molar-refractivity contribution < 1.29 is 27.8 Å². The Kier molecular flexibility index (Phi) is 7.71. The number of fused-ring (bicyclic) bond motifs is 1. The molecule has 4 aromatic carbocycles. The molecule has 0 spiro atoms. The Hall–Kier alpha value is -4.77. The van der Waals surface area contributed by atoms with Crippen LogP contribution in [0, 0.1) is 0 Å². The van der Waals surface area contributed by atoms with E-state index in [4.69, 9.17) is 4.74 Å². The molecule has 41 heavy (non-hydrogen) atoms. The second-order valence-corrected chi connectivity index (χ2v) is 9.78. The van der Waals surface area contributed by atoms with Crippen molar-refractivity contribution in [1.29, 1.82) is 0 Å². The Balaban J connectivity index is 1.57. The van der Waals surface area contributed by atoms with E-state index in [2.05, 4.69) is 26.0 Å². The van der Waals surface area contributed by atoms with Crippen LogP contribution in [0.15, 0.2) is 105 Å². The minimum Gasteiger partial charge on any atom is -0.488 e. The van der Waals surface area contributed by atoms with Crippen molar-refractivity contribution in [1.82, 2.24) is 9.66 Å². The molecule has 1 heterocycles. The number of carbonyl (C=O) groups is 1. The summed E-state index contributed by atoms with van der Waals surface area (Å²) in [7, 11) is 0. The maximum Gasteiger partial charge on any atom is 0.416 e. The van der Waals surface area contributed by atoms with Crippen molar-refractivity contribution in [2.24, 2.45) is 5.10 Å². The number of aromatic carboxylic acids is 1. The zero-order valence-electron chi connectivity index (χ0n) is 21.0. The summed E-state index contributed by atoms with van der Waals surface area (Å²) in [5.41, 5.74) is 0.107. The van der Waals surface area contributed by atoms with Gasteiger partial charge in [-0.05, 0) is 60.2 Å². The van der Waals surface area contributed by atoms with Crippen LogP contribution in [-0.2, 0) is 12.8 Å². The van der Waals surface area contributed by atoms with Gasteiger partial charge in [0, 0.05) is 15.6 Å². The molecule has 0 aliphatic heterocycles. The molecule has 0 fully saturated rings. The van der Waals surface area contributed by atoms with Crippen LogP contribution < -0.4 is 10.3 Å². The highest BCUT2D eigenvalue weighted by Gasteiger charge is 2.31. The number of ether oxygens (including phenoxy) is 1. The molecular weight excluding hydrogens is 603 g/mol. The summed E-state index contributed by atoms with van der Waals surface area (Å²) in [5.74, 6) is -0.756. The summed E-state index contributed by atoms with van der Waals surface area (Å²) < 4.78 is 48.0. The molecule has 206 valence electrons. The molecule has 0 amide bonds. The lowest BCUT2D eigenvalue weighted by molar-refractivity contribution is -0.137. The zero-order valence-corrected chi connectivity index (χ0v) is 22.6. The molecule has 0 saturated heterocycles. The number of para-hydroxylation sites is 1. The first-order valence-electron chi connectivity index (χ1n) is 12.1.